The number of methoxy groups -OCH3 is 1. The molecule has 0 amide bonds. The highest BCUT2D eigenvalue weighted by molar-refractivity contribution is 5.79. The fourth-order valence-corrected chi connectivity index (χ4v) is 2.44. The summed E-state index contributed by atoms with van der Waals surface area (Å²) >= 11 is 0. The average Bonchev–Trinajstić information content (AvgIpc) is 2.53. The molecule has 0 aromatic heterocycles. The first-order chi connectivity index (χ1) is 10.6. The van der Waals surface area contributed by atoms with Crippen LogP contribution >= 0.6 is 0 Å². The molecular formula is C17H35N3O2. The van der Waals surface area contributed by atoms with Crippen molar-refractivity contribution >= 4 is 5.96 Å². The van der Waals surface area contributed by atoms with Crippen LogP contribution in [-0.2, 0) is 9.47 Å². The van der Waals surface area contributed by atoms with Crippen molar-refractivity contribution in [2.45, 2.75) is 71.0 Å². The predicted octanol–water partition coefficient (Wildman–Crippen LogP) is 2.71. The van der Waals surface area contributed by atoms with Crippen LogP contribution in [0.1, 0.15) is 59.3 Å². The van der Waals surface area contributed by atoms with Gasteiger partial charge in [0.05, 0.1) is 18.2 Å². The highest BCUT2D eigenvalue weighted by Crippen LogP contribution is 2.20. The van der Waals surface area contributed by atoms with E-state index in [1.54, 1.807) is 7.11 Å². The molecule has 1 aliphatic rings. The van der Waals surface area contributed by atoms with Crippen molar-refractivity contribution in [3.63, 3.8) is 0 Å². The van der Waals surface area contributed by atoms with Crippen LogP contribution in [0.15, 0.2) is 4.99 Å². The van der Waals surface area contributed by atoms with Gasteiger partial charge in [0.2, 0.25) is 0 Å². The van der Waals surface area contributed by atoms with Crippen LogP contribution in [0.4, 0.5) is 0 Å². The van der Waals surface area contributed by atoms with Gasteiger partial charge in [0.15, 0.2) is 5.96 Å². The molecule has 5 nitrogen and oxygen atoms in total. The second kappa shape index (κ2) is 10.8. The lowest BCUT2D eigenvalue weighted by Crippen LogP contribution is -2.39. The molecule has 1 rings (SSSR count). The third-order valence-electron chi connectivity index (χ3n) is 4.03. The molecule has 1 fully saturated rings. The van der Waals surface area contributed by atoms with E-state index >= 15 is 0 Å². The van der Waals surface area contributed by atoms with Gasteiger partial charge in [0, 0.05) is 26.8 Å². The quantitative estimate of drug-likeness (QED) is 0.390. The van der Waals surface area contributed by atoms with Crippen molar-refractivity contribution in [2.75, 3.05) is 33.4 Å². The minimum Gasteiger partial charge on any atom is -0.378 e. The van der Waals surface area contributed by atoms with Gasteiger partial charge in [0.1, 0.15) is 0 Å². The van der Waals surface area contributed by atoms with Crippen LogP contribution in [0.25, 0.3) is 0 Å². The van der Waals surface area contributed by atoms with Gasteiger partial charge in [-0.25, -0.2) is 0 Å². The number of ether oxygens (including phenoxy) is 2. The first kappa shape index (κ1) is 19.2. The number of guanidine groups is 1. The number of aliphatic imine (C=N–C) groups is 1. The van der Waals surface area contributed by atoms with E-state index in [4.69, 9.17) is 9.47 Å². The van der Waals surface area contributed by atoms with Crippen molar-refractivity contribution in [2.24, 2.45) is 4.99 Å². The maximum atomic E-state index is 5.94. The molecule has 0 aromatic rings. The van der Waals surface area contributed by atoms with Crippen molar-refractivity contribution in [3.8, 4) is 0 Å². The maximum absolute atomic E-state index is 5.94. The molecule has 0 aliphatic heterocycles. The maximum Gasteiger partial charge on any atom is 0.191 e. The number of rotatable bonds is 9. The molecule has 0 unspecified atom stereocenters. The summed E-state index contributed by atoms with van der Waals surface area (Å²) in [6.07, 6.45) is 8.02. The zero-order chi connectivity index (χ0) is 16.3. The van der Waals surface area contributed by atoms with Crippen molar-refractivity contribution in [1.82, 2.24) is 10.6 Å². The van der Waals surface area contributed by atoms with E-state index < -0.39 is 0 Å². The molecule has 5 heteroatoms. The van der Waals surface area contributed by atoms with Gasteiger partial charge >= 0.3 is 0 Å². The Bertz CT molecular complexity index is 313. The molecule has 0 saturated heterocycles. The summed E-state index contributed by atoms with van der Waals surface area (Å²) < 4.78 is 11.3. The zero-order valence-electron chi connectivity index (χ0n) is 14.9. The topological polar surface area (TPSA) is 54.9 Å². The van der Waals surface area contributed by atoms with E-state index in [0.717, 1.165) is 32.1 Å². The van der Waals surface area contributed by atoms with E-state index in [1.807, 2.05) is 13.8 Å². The van der Waals surface area contributed by atoms with E-state index in [-0.39, 0.29) is 5.60 Å². The normalized spacial score (nSPS) is 17.5. The van der Waals surface area contributed by atoms with Crippen molar-refractivity contribution in [1.29, 1.82) is 0 Å². The minimum absolute atomic E-state index is 0.230. The Morgan fingerprint density at radius 1 is 1.18 bits per heavy atom. The Labute approximate surface area is 136 Å². The summed E-state index contributed by atoms with van der Waals surface area (Å²) in [4.78, 5) is 4.57. The molecule has 0 bridgehead atoms. The smallest absolute Gasteiger partial charge is 0.191 e. The first-order valence-electron chi connectivity index (χ1n) is 8.76. The van der Waals surface area contributed by atoms with Gasteiger partial charge in [-0.2, -0.15) is 0 Å². The van der Waals surface area contributed by atoms with Crippen LogP contribution in [0.3, 0.4) is 0 Å². The Kier molecular flexibility index (Phi) is 9.48. The third kappa shape index (κ3) is 8.59. The summed E-state index contributed by atoms with van der Waals surface area (Å²) in [6.45, 7) is 9.36. The van der Waals surface area contributed by atoms with Gasteiger partial charge in [-0.15, -0.1) is 0 Å². The zero-order valence-corrected chi connectivity index (χ0v) is 14.9. The van der Waals surface area contributed by atoms with Crippen LogP contribution < -0.4 is 10.6 Å². The Morgan fingerprint density at radius 3 is 2.55 bits per heavy atom. The minimum atomic E-state index is -0.230. The first-order valence-corrected chi connectivity index (χ1v) is 8.76. The monoisotopic (exact) mass is 313 g/mol. The number of hydrogen-bond acceptors (Lipinski definition) is 3. The lowest BCUT2D eigenvalue weighted by atomic mass is 9.98. The SMILES string of the molecule is CCNC(=NCC(C)(C)OC)NCCCOC1CCCCC1. The van der Waals surface area contributed by atoms with E-state index in [2.05, 4.69) is 22.5 Å². The van der Waals surface area contributed by atoms with Crippen LogP contribution in [-0.4, -0.2) is 51.0 Å². The number of nitrogens with zero attached hydrogens (tertiary/aromatic N) is 1. The Morgan fingerprint density at radius 2 is 1.91 bits per heavy atom. The molecule has 0 heterocycles. The fraction of sp³-hybridized carbons (Fsp3) is 0.941. The lowest BCUT2D eigenvalue weighted by molar-refractivity contribution is 0.0275. The molecule has 1 saturated carbocycles. The molecular weight excluding hydrogens is 278 g/mol. The molecule has 0 spiro atoms. The summed E-state index contributed by atoms with van der Waals surface area (Å²) in [5.74, 6) is 0.852. The highest BCUT2D eigenvalue weighted by Gasteiger charge is 2.16. The Balaban J connectivity index is 2.18. The Hall–Kier alpha value is -0.810. The van der Waals surface area contributed by atoms with E-state index in [0.29, 0.717) is 12.6 Å². The highest BCUT2D eigenvalue weighted by atomic mass is 16.5. The molecule has 2 N–H and O–H groups in total. The molecule has 22 heavy (non-hydrogen) atoms. The molecule has 130 valence electrons. The summed E-state index contributed by atoms with van der Waals surface area (Å²) in [5.41, 5.74) is -0.230. The number of hydrogen-bond donors (Lipinski definition) is 2. The largest absolute Gasteiger partial charge is 0.378 e. The second-order valence-corrected chi connectivity index (χ2v) is 6.57. The molecule has 1 aliphatic carbocycles. The standard InChI is InChI=1S/C17H35N3O2/c1-5-18-16(20-14-17(2,3)21-4)19-12-9-13-22-15-10-7-6-8-11-15/h15H,5-14H2,1-4H3,(H2,18,19,20). The summed E-state index contributed by atoms with van der Waals surface area (Å²) in [5, 5.41) is 6.62. The molecule has 0 atom stereocenters. The average molecular weight is 313 g/mol. The van der Waals surface area contributed by atoms with Crippen LogP contribution in [0, 0.1) is 0 Å². The third-order valence-corrected chi connectivity index (χ3v) is 4.03. The summed E-state index contributed by atoms with van der Waals surface area (Å²) in [6, 6.07) is 0. The van der Waals surface area contributed by atoms with Crippen LogP contribution in [0.2, 0.25) is 0 Å². The van der Waals surface area contributed by atoms with Gasteiger partial charge < -0.3 is 20.1 Å². The van der Waals surface area contributed by atoms with Gasteiger partial charge in [-0.05, 0) is 40.0 Å². The van der Waals surface area contributed by atoms with Gasteiger partial charge in [-0.3, -0.25) is 4.99 Å². The van der Waals surface area contributed by atoms with Gasteiger partial charge in [-0.1, -0.05) is 19.3 Å². The molecule has 0 aromatic carbocycles. The van der Waals surface area contributed by atoms with E-state index in [9.17, 15) is 0 Å². The van der Waals surface area contributed by atoms with E-state index in [1.165, 1.54) is 32.1 Å². The van der Waals surface area contributed by atoms with Crippen LogP contribution in [0.5, 0.6) is 0 Å². The van der Waals surface area contributed by atoms with Gasteiger partial charge in [0.25, 0.3) is 0 Å². The van der Waals surface area contributed by atoms with Crippen molar-refractivity contribution in [3.05, 3.63) is 0 Å². The second-order valence-electron chi connectivity index (χ2n) is 6.57. The summed E-state index contributed by atoms with van der Waals surface area (Å²) in [7, 11) is 1.72. The fourth-order valence-electron chi connectivity index (χ4n) is 2.44. The number of nitrogens with one attached hydrogen (secondary N) is 2. The lowest BCUT2D eigenvalue weighted by Gasteiger charge is -2.22. The predicted molar refractivity (Wildman–Crippen MR) is 92.5 cm³/mol. The molecule has 0 radical (unpaired) electrons. The van der Waals surface area contributed by atoms with Crippen molar-refractivity contribution < 1.29 is 9.47 Å².